The third-order valence-electron chi connectivity index (χ3n) is 6.81. The number of para-hydroxylation sites is 1. The number of ether oxygens (including phenoxy) is 1. The Labute approximate surface area is 182 Å². The zero-order valence-corrected chi connectivity index (χ0v) is 17.6. The number of nitrogens with one attached hydrogen (secondary N) is 1. The van der Waals surface area contributed by atoms with Crippen LogP contribution in [0.5, 0.6) is 5.75 Å². The van der Waals surface area contributed by atoms with Gasteiger partial charge < -0.3 is 15.0 Å². The van der Waals surface area contributed by atoms with Gasteiger partial charge in [0.15, 0.2) is 0 Å². The Hall–Kier alpha value is -2.96. The summed E-state index contributed by atoms with van der Waals surface area (Å²) in [5.74, 6) is 1.80. The number of piperidine rings is 1. The van der Waals surface area contributed by atoms with Gasteiger partial charge in [-0.15, -0.1) is 0 Å². The maximum absolute atomic E-state index is 12.8. The van der Waals surface area contributed by atoms with Crippen LogP contribution in [0.15, 0.2) is 42.7 Å². The van der Waals surface area contributed by atoms with Gasteiger partial charge in [-0.2, -0.15) is 10.2 Å². The summed E-state index contributed by atoms with van der Waals surface area (Å²) in [6.45, 7) is 2.06. The molecule has 1 aromatic carbocycles. The van der Waals surface area contributed by atoms with E-state index in [2.05, 4.69) is 21.6 Å². The van der Waals surface area contributed by atoms with Gasteiger partial charge in [-0.05, 0) is 42.9 Å². The van der Waals surface area contributed by atoms with Crippen molar-refractivity contribution in [1.29, 1.82) is 0 Å². The first-order valence-electron chi connectivity index (χ1n) is 11.2. The number of nitrogens with zero attached hydrogens (tertiary/aromatic N) is 3. The number of aromatic nitrogens is 2. The van der Waals surface area contributed by atoms with E-state index < -0.39 is 0 Å². The predicted molar refractivity (Wildman–Crippen MR) is 115 cm³/mol. The highest BCUT2D eigenvalue weighted by Gasteiger charge is 2.44. The molecule has 162 valence electrons. The van der Waals surface area contributed by atoms with Gasteiger partial charge in [0.1, 0.15) is 11.4 Å². The van der Waals surface area contributed by atoms with E-state index in [1.165, 1.54) is 19.0 Å². The Morgan fingerprint density at radius 1 is 1.13 bits per heavy atom. The molecule has 1 atom stereocenters. The minimum atomic E-state index is -0.330. The molecule has 3 aliphatic rings. The SMILES string of the molecule is O=C(C[C@H]1CC2(CCN(C(=O)c3ccnnc3)CC2)Oc2ccccc21)NCC1CC1. The van der Waals surface area contributed by atoms with Crippen LogP contribution in [-0.2, 0) is 4.79 Å². The van der Waals surface area contributed by atoms with Crippen molar-refractivity contribution in [3.8, 4) is 5.75 Å². The molecule has 0 radical (unpaired) electrons. The number of amides is 2. The van der Waals surface area contributed by atoms with Crippen LogP contribution < -0.4 is 10.1 Å². The molecule has 1 aromatic heterocycles. The van der Waals surface area contributed by atoms with Gasteiger partial charge in [-0.3, -0.25) is 9.59 Å². The second-order valence-electron chi connectivity index (χ2n) is 9.10. The molecule has 31 heavy (non-hydrogen) atoms. The normalized spacial score (nSPS) is 21.8. The summed E-state index contributed by atoms with van der Waals surface area (Å²) in [5, 5.41) is 10.7. The minimum Gasteiger partial charge on any atom is -0.487 e. The number of rotatable bonds is 5. The molecule has 2 fully saturated rings. The lowest BCUT2D eigenvalue weighted by Gasteiger charge is -2.47. The van der Waals surface area contributed by atoms with Gasteiger partial charge >= 0.3 is 0 Å². The van der Waals surface area contributed by atoms with Gasteiger partial charge in [0.05, 0.1) is 18.0 Å². The van der Waals surface area contributed by atoms with Crippen LogP contribution in [0.25, 0.3) is 0 Å². The highest BCUT2D eigenvalue weighted by molar-refractivity contribution is 5.93. The first kappa shape index (κ1) is 20.0. The summed E-state index contributed by atoms with van der Waals surface area (Å²) in [5.41, 5.74) is 1.35. The summed E-state index contributed by atoms with van der Waals surface area (Å²) >= 11 is 0. The molecule has 5 rings (SSSR count). The fourth-order valence-electron chi connectivity index (χ4n) is 4.83. The Bertz CT molecular complexity index is 952. The largest absolute Gasteiger partial charge is 0.487 e. The lowest BCUT2D eigenvalue weighted by molar-refractivity contribution is -0.122. The first-order valence-corrected chi connectivity index (χ1v) is 11.2. The minimum absolute atomic E-state index is 0.0167. The lowest BCUT2D eigenvalue weighted by atomic mass is 9.76. The molecule has 1 spiro atoms. The topological polar surface area (TPSA) is 84.4 Å². The molecule has 1 saturated carbocycles. The van der Waals surface area contributed by atoms with Gasteiger partial charge in [0, 0.05) is 44.8 Å². The monoisotopic (exact) mass is 420 g/mol. The van der Waals surface area contributed by atoms with E-state index in [1.54, 1.807) is 12.3 Å². The highest BCUT2D eigenvalue weighted by atomic mass is 16.5. The van der Waals surface area contributed by atoms with E-state index in [-0.39, 0.29) is 23.3 Å². The molecule has 1 saturated heterocycles. The quantitative estimate of drug-likeness (QED) is 0.804. The van der Waals surface area contributed by atoms with Gasteiger partial charge in [-0.1, -0.05) is 18.2 Å². The van der Waals surface area contributed by atoms with Crippen LogP contribution in [-0.4, -0.2) is 52.1 Å². The Balaban J connectivity index is 1.27. The summed E-state index contributed by atoms with van der Waals surface area (Å²) in [7, 11) is 0. The fraction of sp³-hybridized carbons (Fsp3) is 0.500. The molecule has 1 aliphatic carbocycles. The van der Waals surface area contributed by atoms with E-state index in [9.17, 15) is 9.59 Å². The van der Waals surface area contributed by atoms with Gasteiger partial charge in [-0.25, -0.2) is 0 Å². The lowest BCUT2D eigenvalue weighted by Crippen LogP contribution is -2.52. The van der Waals surface area contributed by atoms with Crippen molar-refractivity contribution in [3.05, 3.63) is 53.9 Å². The van der Waals surface area contributed by atoms with E-state index in [0.29, 0.717) is 31.0 Å². The van der Waals surface area contributed by atoms with Crippen LogP contribution >= 0.6 is 0 Å². The molecule has 0 unspecified atom stereocenters. The second kappa shape index (κ2) is 8.29. The second-order valence-corrected chi connectivity index (χ2v) is 9.10. The maximum atomic E-state index is 12.8. The molecular formula is C24H28N4O3. The van der Waals surface area contributed by atoms with E-state index in [4.69, 9.17) is 4.74 Å². The van der Waals surface area contributed by atoms with Gasteiger partial charge in [0.25, 0.3) is 5.91 Å². The third-order valence-corrected chi connectivity index (χ3v) is 6.81. The summed E-state index contributed by atoms with van der Waals surface area (Å²) < 4.78 is 6.52. The Morgan fingerprint density at radius 3 is 2.68 bits per heavy atom. The molecule has 2 amide bonds. The number of fused-ring (bicyclic) bond motifs is 1. The van der Waals surface area contributed by atoms with Crippen molar-refractivity contribution >= 4 is 11.8 Å². The van der Waals surface area contributed by atoms with Crippen molar-refractivity contribution in [2.75, 3.05) is 19.6 Å². The van der Waals surface area contributed by atoms with E-state index in [1.807, 2.05) is 23.1 Å². The van der Waals surface area contributed by atoms with Crippen molar-refractivity contribution in [2.24, 2.45) is 5.92 Å². The molecule has 0 bridgehead atoms. The van der Waals surface area contributed by atoms with Crippen LogP contribution in [0.4, 0.5) is 0 Å². The van der Waals surface area contributed by atoms with Crippen molar-refractivity contribution < 1.29 is 14.3 Å². The van der Waals surface area contributed by atoms with E-state index >= 15 is 0 Å². The van der Waals surface area contributed by atoms with Crippen molar-refractivity contribution in [3.63, 3.8) is 0 Å². The van der Waals surface area contributed by atoms with Crippen LogP contribution in [0, 0.1) is 5.92 Å². The molecule has 1 N–H and O–H groups in total. The number of hydrogen-bond acceptors (Lipinski definition) is 5. The number of carbonyl (C=O) groups excluding carboxylic acids is 2. The summed E-state index contributed by atoms with van der Waals surface area (Å²) in [4.78, 5) is 27.2. The van der Waals surface area contributed by atoms with Gasteiger partial charge in [0.2, 0.25) is 5.91 Å². The van der Waals surface area contributed by atoms with Crippen LogP contribution in [0.2, 0.25) is 0 Å². The number of likely N-dealkylation sites (tertiary alicyclic amines) is 1. The zero-order valence-electron chi connectivity index (χ0n) is 17.6. The van der Waals surface area contributed by atoms with Crippen LogP contribution in [0.3, 0.4) is 0 Å². The molecular weight excluding hydrogens is 392 g/mol. The average Bonchev–Trinajstić information content (AvgIpc) is 3.63. The van der Waals surface area contributed by atoms with Crippen molar-refractivity contribution in [2.45, 2.75) is 50.0 Å². The number of carbonyl (C=O) groups is 2. The molecule has 2 aliphatic heterocycles. The summed E-state index contributed by atoms with van der Waals surface area (Å²) in [6.07, 6.45) is 8.31. The Morgan fingerprint density at radius 2 is 1.94 bits per heavy atom. The predicted octanol–water partition coefficient (Wildman–Crippen LogP) is 2.93. The van der Waals surface area contributed by atoms with E-state index in [0.717, 1.165) is 37.1 Å². The first-order chi connectivity index (χ1) is 15.1. The summed E-state index contributed by atoms with van der Waals surface area (Å²) in [6, 6.07) is 9.78. The Kier molecular flexibility index (Phi) is 5.34. The molecule has 7 nitrogen and oxygen atoms in total. The number of hydrogen-bond donors (Lipinski definition) is 1. The van der Waals surface area contributed by atoms with Crippen LogP contribution in [0.1, 0.15) is 60.4 Å². The smallest absolute Gasteiger partial charge is 0.255 e. The highest BCUT2D eigenvalue weighted by Crippen LogP contribution is 2.46. The standard InChI is InChI=1S/C24H28N4O3/c29-22(25-15-17-5-6-17)13-19-14-24(31-21-4-2-1-3-20(19)21)8-11-28(12-9-24)23(30)18-7-10-26-27-16-18/h1-4,7,10,16-17,19H,5-6,8-9,11-15H2,(H,25,29)/t19-/m0/s1. The average molecular weight is 421 g/mol. The third kappa shape index (κ3) is 4.40. The molecule has 7 heteroatoms. The maximum Gasteiger partial charge on any atom is 0.255 e. The molecule has 3 heterocycles. The zero-order chi connectivity index (χ0) is 21.3. The van der Waals surface area contributed by atoms with Crippen molar-refractivity contribution in [1.82, 2.24) is 20.4 Å². The fourth-order valence-corrected chi connectivity index (χ4v) is 4.83. The molecule has 2 aromatic rings. The number of benzene rings is 1.